The molecule has 3 N–H and O–H groups in total. The zero-order valence-corrected chi connectivity index (χ0v) is 7.17. The van der Waals surface area contributed by atoms with Crippen LogP contribution in [0.25, 0.3) is 0 Å². The summed E-state index contributed by atoms with van der Waals surface area (Å²) in [5.74, 6) is 0.589. The van der Waals surface area contributed by atoms with E-state index in [-0.39, 0.29) is 5.54 Å². The van der Waals surface area contributed by atoms with Crippen molar-refractivity contribution in [3.8, 4) is 0 Å². The first kappa shape index (κ1) is 7.40. The highest BCUT2D eigenvalue weighted by Gasteiger charge is 2.37. The molecular weight excluding hydrogens is 150 g/mol. The molecule has 0 atom stereocenters. The smallest absolute Gasteiger partial charge is 0.146 e. The van der Waals surface area contributed by atoms with Crippen LogP contribution in [0.1, 0.15) is 19.8 Å². The molecule has 1 aliphatic rings. The Bertz CT molecular complexity index is 292. The zero-order valence-electron chi connectivity index (χ0n) is 7.17. The van der Waals surface area contributed by atoms with Crippen LogP contribution in [0.15, 0.2) is 18.3 Å². The van der Waals surface area contributed by atoms with Crippen molar-refractivity contribution in [3.63, 3.8) is 0 Å². The van der Waals surface area contributed by atoms with Crippen molar-refractivity contribution in [2.24, 2.45) is 0 Å². The quantitative estimate of drug-likeness (QED) is 0.696. The molecule has 0 saturated heterocycles. The predicted octanol–water partition coefficient (Wildman–Crippen LogP) is 1.63. The van der Waals surface area contributed by atoms with E-state index in [1.54, 1.807) is 6.20 Å². The summed E-state index contributed by atoms with van der Waals surface area (Å²) < 4.78 is 0. The lowest BCUT2D eigenvalue weighted by Gasteiger charge is -2.13. The van der Waals surface area contributed by atoms with Crippen molar-refractivity contribution in [1.82, 2.24) is 4.98 Å². The molecule has 1 fully saturated rings. The molecule has 3 nitrogen and oxygen atoms in total. The molecule has 1 saturated carbocycles. The topological polar surface area (TPSA) is 50.9 Å². The summed E-state index contributed by atoms with van der Waals surface area (Å²) >= 11 is 0. The third kappa shape index (κ3) is 1.35. The summed E-state index contributed by atoms with van der Waals surface area (Å²) in [6.45, 7) is 2.19. The van der Waals surface area contributed by atoms with Gasteiger partial charge in [0.2, 0.25) is 0 Å². The SMILES string of the molecule is CC1(Nc2cccnc2N)CC1. The monoisotopic (exact) mass is 163 g/mol. The van der Waals surface area contributed by atoms with Gasteiger partial charge in [-0.3, -0.25) is 0 Å². The van der Waals surface area contributed by atoms with Crippen molar-refractivity contribution >= 4 is 11.5 Å². The van der Waals surface area contributed by atoms with E-state index in [1.165, 1.54) is 12.8 Å². The van der Waals surface area contributed by atoms with E-state index in [0.29, 0.717) is 5.82 Å². The highest BCUT2D eigenvalue weighted by Crippen LogP contribution is 2.38. The van der Waals surface area contributed by atoms with Crippen molar-refractivity contribution in [1.29, 1.82) is 0 Å². The van der Waals surface area contributed by atoms with Crippen LogP contribution >= 0.6 is 0 Å². The van der Waals surface area contributed by atoms with Crippen LogP contribution < -0.4 is 11.1 Å². The van der Waals surface area contributed by atoms with Gasteiger partial charge in [-0.25, -0.2) is 4.98 Å². The van der Waals surface area contributed by atoms with Gasteiger partial charge in [-0.1, -0.05) is 0 Å². The number of nitrogens with zero attached hydrogens (tertiary/aromatic N) is 1. The molecule has 2 rings (SSSR count). The van der Waals surface area contributed by atoms with E-state index in [4.69, 9.17) is 5.73 Å². The summed E-state index contributed by atoms with van der Waals surface area (Å²) in [7, 11) is 0. The summed E-state index contributed by atoms with van der Waals surface area (Å²) in [6, 6.07) is 3.86. The van der Waals surface area contributed by atoms with E-state index in [0.717, 1.165) is 5.69 Å². The minimum Gasteiger partial charge on any atom is -0.382 e. The maximum absolute atomic E-state index is 5.68. The molecule has 12 heavy (non-hydrogen) atoms. The molecular formula is C9H13N3. The second-order valence-electron chi connectivity index (χ2n) is 3.62. The molecule has 1 aromatic rings. The maximum atomic E-state index is 5.68. The molecule has 3 heteroatoms. The Morgan fingerprint density at radius 3 is 2.92 bits per heavy atom. The number of hydrogen-bond acceptors (Lipinski definition) is 3. The van der Waals surface area contributed by atoms with E-state index in [2.05, 4.69) is 17.2 Å². The first-order valence-electron chi connectivity index (χ1n) is 4.18. The highest BCUT2D eigenvalue weighted by atomic mass is 15.0. The Hall–Kier alpha value is -1.25. The lowest BCUT2D eigenvalue weighted by molar-refractivity contribution is 0.829. The normalized spacial score (nSPS) is 18.8. The maximum Gasteiger partial charge on any atom is 0.146 e. The predicted molar refractivity (Wildman–Crippen MR) is 49.9 cm³/mol. The van der Waals surface area contributed by atoms with Gasteiger partial charge in [0, 0.05) is 11.7 Å². The Balaban J connectivity index is 2.17. The Labute approximate surface area is 72.0 Å². The van der Waals surface area contributed by atoms with Gasteiger partial charge in [-0.2, -0.15) is 0 Å². The van der Waals surface area contributed by atoms with Gasteiger partial charge < -0.3 is 11.1 Å². The molecule has 1 aliphatic carbocycles. The summed E-state index contributed by atoms with van der Waals surface area (Å²) in [5, 5.41) is 3.37. The van der Waals surface area contributed by atoms with Crippen LogP contribution in [0.3, 0.4) is 0 Å². The van der Waals surface area contributed by atoms with Crippen LogP contribution in [-0.4, -0.2) is 10.5 Å². The average Bonchev–Trinajstić information content (AvgIpc) is 2.74. The standard InChI is InChI=1S/C9H13N3/c1-9(4-5-9)12-7-3-2-6-11-8(7)10/h2-3,6,12H,4-5H2,1H3,(H2,10,11). The number of pyridine rings is 1. The fraction of sp³-hybridized carbons (Fsp3) is 0.444. The van der Waals surface area contributed by atoms with Gasteiger partial charge in [0.25, 0.3) is 0 Å². The third-order valence-electron chi connectivity index (χ3n) is 2.27. The second-order valence-corrected chi connectivity index (χ2v) is 3.62. The number of nitrogens with one attached hydrogen (secondary N) is 1. The van der Waals surface area contributed by atoms with Crippen molar-refractivity contribution in [2.75, 3.05) is 11.1 Å². The molecule has 0 amide bonds. The van der Waals surface area contributed by atoms with Crippen molar-refractivity contribution in [2.45, 2.75) is 25.3 Å². The van der Waals surface area contributed by atoms with Gasteiger partial charge in [-0.15, -0.1) is 0 Å². The first-order valence-corrected chi connectivity index (χ1v) is 4.18. The second kappa shape index (κ2) is 2.37. The fourth-order valence-corrected chi connectivity index (χ4v) is 1.16. The number of nitrogens with two attached hydrogens (primary N) is 1. The Morgan fingerprint density at radius 2 is 2.33 bits per heavy atom. The molecule has 0 aromatic carbocycles. The lowest BCUT2D eigenvalue weighted by Crippen LogP contribution is -2.17. The fourth-order valence-electron chi connectivity index (χ4n) is 1.16. The average molecular weight is 163 g/mol. The summed E-state index contributed by atoms with van der Waals surface area (Å²) in [6.07, 6.45) is 4.15. The summed E-state index contributed by atoms with van der Waals surface area (Å²) in [5.41, 5.74) is 6.91. The van der Waals surface area contributed by atoms with Crippen LogP contribution in [0.4, 0.5) is 11.5 Å². The Kier molecular flexibility index (Phi) is 1.46. The third-order valence-corrected chi connectivity index (χ3v) is 2.27. The van der Waals surface area contributed by atoms with Gasteiger partial charge in [-0.05, 0) is 31.9 Å². The molecule has 1 heterocycles. The van der Waals surface area contributed by atoms with E-state index in [9.17, 15) is 0 Å². The van der Waals surface area contributed by atoms with Crippen molar-refractivity contribution in [3.05, 3.63) is 18.3 Å². The molecule has 0 spiro atoms. The number of anilines is 2. The number of rotatable bonds is 2. The highest BCUT2D eigenvalue weighted by molar-refractivity contribution is 5.62. The van der Waals surface area contributed by atoms with E-state index in [1.807, 2.05) is 12.1 Å². The minimum atomic E-state index is 0.275. The van der Waals surface area contributed by atoms with Gasteiger partial charge in [0.1, 0.15) is 5.82 Å². The van der Waals surface area contributed by atoms with Crippen LogP contribution in [-0.2, 0) is 0 Å². The minimum absolute atomic E-state index is 0.275. The molecule has 0 radical (unpaired) electrons. The first-order chi connectivity index (χ1) is 5.70. The Morgan fingerprint density at radius 1 is 1.58 bits per heavy atom. The number of hydrogen-bond donors (Lipinski definition) is 2. The molecule has 0 bridgehead atoms. The van der Waals surface area contributed by atoms with Crippen LogP contribution in [0, 0.1) is 0 Å². The molecule has 0 unspecified atom stereocenters. The molecule has 1 aromatic heterocycles. The molecule has 64 valence electrons. The van der Waals surface area contributed by atoms with Gasteiger partial charge in [0.15, 0.2) is 0 Å². The van der Waals surface area contributed by atoms with E-state index >= 15 is 0 Å². The zero-order chi connectivity index (χ0) is 8.60. The number of nitrogen functional groups attached to an aromatic ring is 1. The molecule has 0 aliphatic heterocycles. The van der Waals surface area contributed by atoms with Crippen LogP contribution in [0.2, 0.25) is 0 Å². The van der Waals surface area contributed by atoms with E-state index < -0.39 is 0 Å². The van der Waals surface area contributed by atoms with Gasteiger partial charge >= 0.3 is 0 Å². The largest absolute Gasteiger partial charge is 0.382 e. The van der Waals surface area contributed by atoms with Gasteiger partial charge in [0.05, 0.1) is 5.69 Å². The lowest BCUT2D eigenvalue weighted by atomic mass is 10.3. The van der Waals surface area contributed by atoms with Crippen molar-refractivity contribution < 1.29 is 0 Å². The van der Waals surface area contributed by atoms with Crippen LogP contribution in [0.5, 0.6) is 0 Å². The number of aromatic nitrogens is 1. The summed E-state index contributed by atoms with van der Waals surface area (Å²) in [4.78, 5) is 4.01.